The number of nitrogens with one attached hydrogen (secondary N) is 2. The Morgan fingerprint density at radius 1 is 1.19 bits per heavy atom. The Hall–Kier alpha value is -3.08. The number of aromatic amines is 1. The number of likely N-dealkylation sites (tertiary alicyclic amines) is 1. The molecule has 0 spiro atoms. The van der Waals surface area contributed by atoms with Crippen LogP contribution in [0.4, 0.5) is 5.69 Å². The van der Waals surface area contributed by atoms with Gasteiger partial charge in [-0.2, -0.15) is 0 Å². The van der Waals surface area contributed by atoms with Gasteiger partial charge in [-0.3, -0.25) is 4.79 Å². The maximum absolute atomic E-state index is 13.2. The van der Waals surface area contributed by atoms with Crippen molar-refractivity contribution in [2.75, 3.05) is 11.9 Å². The van der Waals surface area contributed by atoms with Crippen molar-refractivity contribution in [3.05, 3.63) is 66.0 Å². The number of nitrogens with zero attached hydrogens (tertiary/aromatic N) is 2. The molecule has 1 saturated heterocycles. The first kappa shape index (κ1) is 15.0. The van der Waals surface area contributed by atoms with Crippen molar-refractivity contribution in [2.45, 2.75) is 24.9 Å². The van der Waals surface area contributed by atoms with Crippen LogP contribution in [0.1, 0.15) is 28.8 Å². The smallest absolute Gasteiger partial charge is 0.254 e. The van der Waals surface area contributed by atoms with Gasteiger partial charge >= 0.3 is 0 Å². The number of fused-ring (bicyclic) bond motifs is 7. The van der Waals surface area contributed by atoms with E-state index in [-0.39, 0.29) is 11.9 Å². The van der Waals surface area contributed by atoms with Crippen LogP contribution in [-0.4, -0.2) is 39.4 Å². The molecule has 0 saturated carbocycles. The second-order valence-corrected chi connectivity index (χ2v) is 7.77. The molecule has 1 fully saturated rings. The van der Waals surface area contributed by atoms with Gasteiger partial charge in [0, 0.05) is 23.4 Å². The number of carbonyl (C=O) groups excluding carboxylic acids is 1. The number of imidazole rings is 1. The summed E-state index contributed by atoms with van der Waals surface area (Å²) >= 11 is 0. The number of H-pyrrole nitrogens is 1. The maximum Gasteiger partial charge on any atom is 0.254 e. The summed E-state index contributed by atoms with van der Waals surface area (Å²) in [4.78, 5) is 22.6. The van der Waals surface area contributed by atoms with Crippen molar-refractivity contribution < 1.29 is 4.79 Å². The van der Waals surface area contributed by atoms with Crippen LogP contribution < -0.4 is 5.32 Å². The first-order chi connectivity index (χ1) is 13.3. The van der Waals surface area contributed by atoms with Gasteiger partial charge < -0.3 is 15.2 Å². The highest BCUT2D eigenvalue weighted by atomic mass is 16.2. The third-order valence-corrected chi connectivity index (χ3v) is 6.34. The van der Waals surface area contributed by atoms with E-state index in [2.05, 4.69) is 50.5 Å². The summed E-state index contributed by atoms with van der Waals surface area (Å²) in [5, 5.41) is 3.70. The molecule has 1 aliphatic carbocycles. The third-order valence-electron chi connectivity index (χ3n) is 6.34. The van der Waals surface area contributed by atoms with Crippen molar-refractivity contribution in [3.8, 4) is 0 Å². The molecule has 3 aromatic rings. The SMILES string of the molecule is O=C(c1ccc2nc[nH]c2c1)N1CCC2CC1C=C1c3ccccc3NC12. The monoisotopic (exact) mass is 356 g/mol. The average molecular weight is 356 g/mol. The van der Waals surface area contributed by atoms with Crippen LogP contribution in [0, 0.1) is 5.92 Å². The fraction of sp³-hybridized carbons (Fsp3) is 0.273. The molecule has 6 rings (SSSR count). The summed E-state index contributed by atoms with van der Waals surface area (Å²) in [7, 11) is 0. The second-order valence-electron chi connectivity index (χ2n) is 7.77. The lowest BCUT2D eigenvalue weighted by molar-refractivity contribution is 0.0600. The zero-order chi connectivity index (χ0) is 18.0. The number of carbonyl (C=O) groups is 1. The predicted molar refractivity (Wildman–Crippen MR) is 105 cm³/mol. The fourth-order valence-electron chi connectivity index (χ4n) is 5.02. The standard InChI is InChI=1S/C22H20N4O/c27-22(14-5-6-19-20(10-14)24-12-23-19)26-8-7-13-9-15(26)11-17-16-3-1-2-4-18(16)25-21(13)17/h1-6,10-13,15,21,25H,7-9H2,(H,23,24). The van der Waals surface area contributed by atoms with Gasteiger partial charge in [0.15, 0.2) is 0 Å². The normalized spacial score (nSPS) is 25.6. The molecule has 134 valence electrons. The van der Waals surface area contributed by atoms with Gasteiger partial charge in [-0.25, -0.2) is 4.98 Å². The average Bonchev–Trinajstić information content (AvgIpc) is 3.32. The van der Waals surface area contributed by atoms with Crippen molar-refractivity contribution >= 4 is 28.2 Å². The van der Waals surface area contributed by atoms with Crippen LogP contribution in [0.5, 0.6) is 0 Å². The molecule has 3 unspecified atom stereocenters. The van der Waals surface area contributed by atoms with Crippen LogP contribution in [0.25, 0.3) is 16.6 Å². The number of hydrogen-bond acceptors (Lipinski definition) is 3. The molecule has 0 radical (unpaired) electrons. The van der Waals surface area contributed by atoms with Crippen LogP contribution in [-0.2, 0) is 0 Å². The predicted octanol–water partition coefficient (Wildman–Crippen LogP) is 3.68. The number of aromatic nitrogens is 2. The van der Waals surface area contributed by atoms with Gasteiger partial charge in [-0.15, -0.1) is 0 Å². The number of hydrogen-bond donors (Lipinski definition) is 2. The van der Waals surface area contributed by atoms with Gasteiger partial charge in [0.2, 0.25) is 0 Å². The van der Waals surface area contributed by atoms with E-state index in [0.717, 1.165) is 36.0 Å². The second kappa shape index (κ2) is 5.46. The zero-order valence-electron chi connectivity index (χ0n) is 14.9. The first-order valence-electron chi connectivity index (χ1n) is 9.60. The van der Waals surface area contributed by atoms with Gasteiger partial charge in [-0.05, 0) is 48.6 Å². The summed E-state index contributed by atoms with van der Waals surface area (Å²) in [6.07, 6.45) is 6.07. The molecular formula is C22H20N4O. The Bertz CT molecular complexity index is 1100. The topological polar surface area (TPSA) is 61.0 Å². The highest BCUT2D eigenvalue weighted by molar-refractivity contribution is 5.98. The molecule has 3 aliphatic rings. The summed E-state index contributed by atoms with van der Waals surface area (Å²) in [5.41, 5.74) is 6.42. The van der Waals surface area contributed by atoms with Gasteiger partial charge in [0.1, 0.15) is 0 Å². The van der Waals surface area contributed by atoms with Crippen molar-refractivity contribution in [1.82, 2.24) is 14.9 Å². The fourth-order valence-corrected chi connectivity index (χ4v) is 5.02. The minimum Gasteiger partial charge on any atom is -0.377 e. The highest BCUT2D eigenvalue weighted by Crippen LogP contribution is 2.46. The summed E-state index contributed by atoms with van der Waals surface area (Å²) in [5.74, 6) is 0.700. The number of anilines is 1. The van der Waals surface area contributed by atoms with Crippen molar-refractivity contribution in [3.63, 3.8) is 0 Å². The van der Waals surface area contributed by atoms with Crippen LogP contribution >= 0.6 is 0 Å². The molecule has 5 nitrogen and oxygen atoms in total. The lowest BCUT2D eigenvalue weighted by Gasteiger charge is -2.44. The first-order valence-corrected chi connectivity index (χ1v) is 9.60. The van der Waals surface area contributed by atoms with E-state index in [9.17, 15) is 4.79 Å². The largest absolute Gasteiger partial charge is 0.377 e. The quantitative estimate of drug-likeness (QED) is 0.699. The number of rotatable bonds is 1. The number of para-hydroxylation sites is 1. The number of amides is 1. The van der Waals surface area contributed by atoms with Gasteiger partial charge in [-0.1, -0.05) is 24.3 Å². The summed E-state index contributed by atoms with van der Waals surface area (Å²) in [6.45, 7) is 0.813. The van der Waals surface area contributed by atoms with Crippen LogP contribution in [0.2, 0.25) is 0 Å². The number of benzene rings is 2. The molecule has 2 N–H and O–H groups in total. The summed E-state index contributed by atoms with van der Waals surface area (Å²) < 4.78 is 0. The lowest BCUT2D eigenvalue weighted by Crippen LogP contribution is -2.50. The lowest BCUT2D eigenvalue weighted by atomic mass is 9.76. The number of piperidine rings is 1. The van der Waals surface area contributed by atoms with Crippen LogP contribution in [0.3, 0.4) is 0 Å². The Kier molecular flexibility index (Phi) is 3.04. The maximum atomic E-state index is 13.2. The molecule has 2 aromatic carbocycles. The van der Waals surface area contributed by atoms with E-state index in [1.54, 1.807) is 6.33 Å². The molecule has 2 aliphatic heterocycles. The van der Waals surface area contributed by atoms with E-state index >= 15 is 0 Å². The highest BCUT2D eigenvalue weighted by Gasteiger charge is 2.43. The minimum absolute atomic E-state index is 0.115. The molecule has 3 heterocycles. The Balaban J connectivity index is 1.36. The molecule has 1 aromatic heterocycles. The van der Waals surface area contributed by atoms with Crippen LogP contribution in [0.15, 0.2) is 54.9 Å². The molecule has 3 atom stereocenters. The Morgan fingerprint density at radius 3 is 3.07 bits per heavy atom. The van der Waals surface area contributed by atoms with E-state index < -0.39 is 0 Å². The Labute approximate surface area is 157 Å². The molecular weight excluding hydrogens is 336 g/mol. The van der Waals surface area contributed by atoms with Gasteiger partial charge in [0.05, 0.1) is 29.4 Å². The van der Waals surface area contributed by atoms with Gasteiger partial charge in [0.25, 0.3) is 5.91 Å². The van der Waals surface area contributed by atoms with E-state index in [4.69, 9.17) is 0 Å². The van der Waals surface area contributed by atoms with E-state index in [0.29, 0.717) is 12.0 Å². The van der Waals surface area contributed by atoms with E-state index in [1.165, 1.54) is 16.8 Å². The molecule has 2 bridgehead atoms. The summed E-state index contributed by atoms with van der Waals surface area (Å²) in [6, 6.07) is 14.8. The third kappa shape index (κ3) is 2.17. The Morgan fingerprint density at radius 2 is 2.11 bits per heavy atom. The molecule has 27 heavy (non-hydrogen) atoms. The molecule has 1 amide bonds. The molecule has 5 heteroatoms. The minimum atomic E-state index is 0.115. The zero-order valence-corrected chi connectivity index (χ0v) is 14.9. The van der Waals surface area contributed by atoms with Crippen molar-refractivity contribution in [1.29, 1.82) is 0 Å². The van der Waals surface area contributed by atoms with E-state index in [1.807, 2.05) is 18.2 Å². The van der Waals surface area contributed by atoms with Crippen molar-refractivity contribution in [2.24, 2.45) is 5.92 Å².